The van der Waals surface area contributed by atoms with Crippen LogP contribution in [0.1, 0.15) is 17.2 Å². The zero-order valence-electron chi connectivity index (χ0n) is 8.35. The van der Waals surface area contributed by atoms with Gasteiger partial charge in [0.15, 0.2) is 0 Å². The molecule has 0 saturated carbocycles. The number of nitrogens with two attached hydrogens (primary N) is 2. The van der Waals surface area contributed by atoms with Gasteiger partial charge in [-0.1, -0.05) is 11.6 Å². The first-order chi connectivity index (χ1) is 7.72. The van der Waals surface area contributed by atoms with Gasteiger partial charge < -0.3 is 5.73 Å². The Morgan fingerprint density at radius 3 is 2.94 bits per heavy atom. The normalized spacial score (nSPS) is 12.6. The molecule has 2 heterocycles. The molecule has 5 N–H and O–H groups in total. The Morgan fingerprint density at radius 1 is 1.50 bits per heavy atom. The summed E-state index contributed by atoms with van der Waals surface area (Å²) in [7, 11) is 0. The molecule has 2 aromatic heterocycles. The Hall–Kier alpha value is -1.14. The molecule has 2 aromatic rings. The van der Waals surface area contributed by atoms with E-state index in [2.05, 4.69) is 10.4 Å². The lowest BCUT2D eigenvalue weighted by Gasteiger charge is -2.16. The summed E-state index contributed by atoms with van der Waals surface area (Å²) in [4.78, 5) is 4.01. The highest BCUT2D eigenvalue weighted by atomic mass is 35.5. The third kappa shape index (κ3) is 2.17. The maximum absolute atomic E-state index is 5.90. The highest BCUT2D eigenvalue weighted by molar-refractivity contribution is 7.08. The highest BCUT2D eigenvalue weighted by Gasteiger charge is 2.16. The average Bonchev–Trinajstić information content (AvgIpc) is 2.78. The van der Waals surface area contributed by atoms with Crippen molar-refractivity contribution in [2.75, 3.05) is 5.73 Å². The van der Waals surface area contributed by atoms with Crippen LogP contribution in [0.3, 0.4) is 0 Å². The number of halogens is 1. The minimum Gasteiger partial charge on any atom is -0.383 e. The summed E-state index contributed by atoms with van der Waals surface area (Å²) in [5.41, 5.74) is 10.4. The number of nitrogens with zero attached hydrogens (tertiary/aromatic N) is 1. The van der Waals surface area contributed by atoms with Crippen molar-refractivity contribution in [1.82, 2.24) is 10.4 Å². The fourth-order valence-electron chi connectivity index (χ4n) is 1.50. The van der Waals surface area contributed by atoms with Gasteiger partial charge in [0.05, 0.1) is 11.1 Å². The Bertz CT molecular complexity index is 472. The number of nitrogen functional groups attached to an aromatic ring is 1. The van der Waals surface area contributed by atoms with E-state index in [1.54, 1.807) is 17.4 Å². The van der Waals surface area contributed by atoms with Crippen LogP contribution in [0.15, 0.2) is 29.1 Å². The van der Waals surface area contributed by atoms with Crippen molar-refractivity contribution in [1.29, 1.82) is 0 Å². The SMILES string of the molecule is NNC(c1ccsc1)c1cc(Cl)cnc1N. The number of thiophene rings is 1. The van der Waals surface area contributed by atoms with E-state index in [1.807, 2.05) is 16.8 Å². The van der Waals surface area contributed by atoms with E-state index in [-0.39, 0.29) is 6.04 Å². The third-order valence-electron chi connectivity index (χ3n) is 2.27. The van der Waals surface area contributed by atoms with Gasteiger partial charge >= 0.3 is 0 Å². The second-order valence-electron chi connectivity index (χ2n) is 3.28. The minimum atomic E-state index is -0.183. The summed E-state index contributed by atoms with van der Waals surface area (Å²) < 4.78 is 0. The molecule has 0 radical (unpaired) electrons. The molecule has 84 valence electrons. The molecule has 0 spiro atoms. The molecule has 4 nitrogen and oxygen atoms in total. The van der Waals surface area contributed by atoms with Gasteiger partial charge in [-0.2, -0.15) is 11.3 Å². The van der Waals surface area contributed by atoms with E-state index in [0.717, 1.165) is 11.1 Å². The number of nitrogens with one attached hydrogen (secondary N) is 1. The summed E-state index contributed by atoms with van der Waals surface area (Å²) in [5, 5.41) is 4.53. The molecule has 0 aliphatic carbocycles. The molecule has 0 aliphatic rings. The Balaban J connectivity index is 2.44. The van der Waals surface area contributed by atoms with Crippen molar-refractivity contribution in [2.24, 2.45) is 5.84 Å². The summed E-state index contributed by atoms with van der Waals surface area (Å²) >= 11 is 7.49. The van der Waals surface area contributed by atoms with Crippen LogP contribution >= 0.6 is 22.9 Å². The van der Waals surface area contributed by atoms with Crippen LogP contribution in [0.25, 0.3) is 0 Å². The van der Waals surface area contributed by atoms with Crippen molar-refractivity contribution in [3.63, 3.8) is 0 Å². The van der Waals surface area contributed by atoms with Crippen molar-refractivity contribution in [2.45, 2.75) is 6.04 Å². The molecule has 6 heteroatoms. The van der Waals surface area contributed by atoms with Gasteiger partial charge in [0, 0.05) is 11.8 Å². The first-order valence-electron chi connectivity index (χ1n) is 4.61. The predicted octanol–water partition coefficient (Wildman–Crippen LogP) is 1.93. The Morgan fingerprint density at radius 2 is 2.31 bits per heavy atom. The van der Waals surface area contributed by atoms with E-state index in [9.17, 15) is 0 Å². The van der Waals surface area contributed by atoms with Crippen LogP contribution in [0.5, 0.6) is 0 Å². The van der Waals surface area contributed by atoms with Crippen molar-refractivity contribution < 1.29 is 0 Å². The van der Waals surface area contributed by atoms with Crippen LogP contribution in [-0.2, 0) is 0 Å². The number of rotatable bonds is 3. The minimum absolute atomic E-state index is 0.183. The lowest BCUT2D eigenvalue weighted by atomic mass is 10.0. The van der Waals surface area contributed by atoms with Crippen LogP contribution in [0.4, 0.5) is 5.82 Å². The number of aromatic nitrogens is 1. The highest BCUT2D eigenvalue weighted by Crippen LogP contribution is 2.28. The summed E-state index contributed by atoms with van der Waals surface area (Å²) in [6.07, 6.45) is 1.52. The molecule has 0 aromatic carbocycles. The van der Waals surface area contributed by atoms with Crippen molar-refractivity contribution >= 4 is 28.8 Å². The van der Waals surface area contributed by atoms with Gasteiger partial charge in [0.1, 0.15) is 5.82 Å². The molecule has 0 bridgehead atoms. The number of anilines is 1. The molecule has 0 saturated heterocycles. The quantitative estimate of drug-likeness (QED) is 0.578. The first kappa shape index (κ1) is 11.3. The smallest absolute Gasteiger partial charge is 0.128 e. The molecular formula is C10H11ClN4S. The maximum Gasteiger partial charge on any atom is 0.128 e. The van der Waals surface area contributed by atoms with Gasteiger partial charge in [-0.15, -0.1) is 0 Å². The molecule has 0 amide bonds. The molecule has 2 rings (SSSR count). The summed E-state index contributed by atoms with van der Waals surface area (Å²) in [6, 6.07) is 3.57. The second kappa shape index (κ2) is 4.80. The summed E-state index contributed by atoms with van der Waals surface area (Å²) in [6.45, 7) is 0. The lowest BCUT2D eigenvalue weighted by molar-refractivity contribution is 0.638. The number of hydrazine groups is 1. The third-order valence-corrected chi connectivity index (χ3v) is 3.18. The molecule has 0 fully saturated rings. The molecule has 0 aliphatic heterocycles. The van der Waals surface area contributed by atoms with Gasteiger partial charge in [0.25, 0.3) is 0 Å². The molecule has 1 atom stereocenters. The van der Waals surface area contributed by atoms with Crippen LogP contribution in [0, 0.1) is 0 Å². The van der Waals surface area contributed by atoms with Crippen LogP contribution in [0.2, 0.25) is 5.02 Å². The van der Waals surface area contributed by atoms with E-state index >= 15 is 0 Å². The molecular weight excluding hydrogens is 244 g/mol. The van der Waals surface area contributed by atoms with E-state index < -0.39 is 0 Å². The zero-order chi connectivity index (χ0) is 11.5. The number of hydrogen-bond donors (Lipinski definition) is 3. The monoisotopic (exact) mass is 254 g/mol. The summed E-state index contributed by atoms with van der Waals surface area (Å²) in [5.74, 6) is 5.97. The fourth-order valence-corrected chi connectivity index (χ4v) is 2.35. The van der Waals surface area contributed by atoms with Crippen LogP contribution < -0.4 is 17.0 Å². The van der Waals surface area contributed by atoms with E-state index in [1.165, 1.54) is 6.20 Å². The average molecular weight is 255 g/mol. The largest absolute Gasteiger partial charge is 0.383 e. The van der Waals surface area contributed by atoms with Gasteiger partial charge in [-0.25, -0.2) is 10.4 Å². The lowest BCUT2D eigenvalue weighted by Crippen LogP contribution is -2.29. The first-order valence-corrected chi connectivity index (χ1v) is 5.93. The topological polar surface area (TPSA) is 77.0 Å². The van der Waals surface area contributed by atoms with Crippen molar-refractivity contribution in [3.8, 4) is 0 Å². The maximum atomic E-state index is 5.90. The predicted molar refractivity (Wildman–Crippen MR) is 67.1 cm³/mol. The standard InChI is InChI=1S/C10H11ClN4S/c11-7-3-8(10(12)14-4-7)9(15-13)6-1-2-16-5-6/h1-5,9,15H,13H2,(H2,12,14). The molecule has 1 unspecified atom stereocenters. The van der Waals surface area contributed by atoms with Gasteiger partial charge in [-0.3, -0.25) is 5.84 Å². The van der Waals surface area contributed by atoms with Crippen LogP contribution in [-0.4, -0.2) is 4.98 Å². The Labute approximate surface area is 102 Å². The van der Waals surface area contributed by atoms with Gasteiger partial charge in [-0.05, 0) is 28.5 Å². The van der Waals surface area contributed by atoms with Crippen molar-refractivity contribution in [3.05, 3.63) is 45.2 Å². The zero-order valence-corrected chi connectivity index (χ0v) is 9.92. The Kier molecular flexibility index (Phi) is 3.40. The van der Waals surface area contributed by atoms with E-state index in [4.69, 9.17) is 23.2 Å². The second-order valence-corrected chi connectivity index (χ2v) is 4.50. The van der Waals surface area contributed by atoms with E-state index in [0.29, 0.717) is 10.8 Å². The number of pyridine rings is 1. The van der Waals surface area contributed by atoms with Gasteiger partial charge in [0.2, 0.25) is 0 Å². The molecule has 16 heavy (non-hydrogen) atoms. The number of hydrogen-bond acceptors (Lipinski definition) is 5. The fraction of sp³-hybridized carbons (Fsp3) is 0.100.